The van der Waals surface area contributed by atoms with E-state index in [1.165, 1.54) is 27.8 Å². The summed E-state index contributed by atoms with van der Waals surface area (Å²) in [6, 6.07) is 31.7. The SMILES string of the molecule is Clc1cccc2c1Oc1cccc3c1C2(c1ccccc1)c1ccccc1-3. The fraction of sp³-hybridized carbons (Fsp3) is 0.0400. The second kappa shape index (κ2) is 5.25. The highest BCUT2D eigenvalue weighted by Crippen LogP contribution is 2.63. The van der Waals surface area contributed by atoms with Gasteiger partial charge in [-0.3, -0.25) is 0 Å². The fourth-order valence-corrected chi connectivity index (χ4v) is 5.06. The summed E-state index contributed by atoms with van der Waals surface area (Å²) in [5, 5.41) is 0.642. The lowest BCUT2D eigenvalue weighted by Crippen LogP contribution is -2.32. The van der Waals surface area contributed by atoms with Crippen molar-refractivity contribution in [2.24, 2.45) is 0 Å². The van der Waals surface area contributed by atoms with Gasteiger partial charge in [0, 0.05) is 11.1 Å². The van der Waals surface area contributed by atoms with E-state index in [9.17, 15) is 0 Å². The van der Waals surface area contributed by atoms with E-state index in [4.69, 9.17) is 16.3 Å². The molecule has 0 N–H and O–H groups in total. The van der Waals surface area contributed by atoms with E-state index in [0.717, 1.165) is 17.1 Å². The monoisotopic (exact) mass is 366 g/mol. The van der Waals surface area contributed by atoms with Crippen LogP contribution in [0.15, 0.2) is 91.0 Å². The highest BCUT2D eigenvalue weighted by Gasteiger charge is 2.51. The van der Waals surface area contributed by atoms with Crippen molar-refractivity contribution in [3.8, 4) is 22.6 Å². The molecule has 27 heavy (non-hydrogen) atoms. The van der Waals surface area contributed by atoms with Crippen LogP contribution in [0, 0.1) is 0 Å². The Kier molecular flexibility index (Phi) is 2.93. The highest BCUT2D eigenvalue weighted by molar-refractivity contribution is 6.32. The lowest BCUT2D eigenvalue weighted by atomic mass is 9.66. The molecule has 1 aliphatic heterocycles. The first-order chi connectivity index (χ1) is 13.3. The summed E-state index contributed by atoms with van der Waals surface area (Å²) in [5.74, 6) is 1.64. The Bertz CT molecular complexity index is 1210. The van der Waals surface area contributed by atoms with Crippen molar-refractivity contribution in [1.82, 2.24) is 0 Å². The van der Waals surface area contributed by atoms with E-state index in [-0.39, 0.29) is 0 Å². The minimum absolute atomic E-state index is 0.414. The third kappa shape index (κ3) is 1.75. The first kappa shape index (κ1) is 15.1. The van der Waals surface area contributed by atoms with Gasteiger partial charge in [0.05, 0.1) is 10.4 Å². The first-order valence-electron chi connectivity index (χ1n) is 9.07. The van der Waals surface area contributed by atoms with Crippen molar-refractivity contribution in [3.05, 3.63) is 118 Å². The quantitative estimate of drug-likeness (QED) is 0.310. The largest absolute Gasteiger partial charge is 0.455 e. The third-order valence-electron chi connectivity index (χ3n) is 5.81. The van der Waals surface area contributed by atoms with Gasteiger partial charge >= 0.3 is 0 Å². The van der Waals surface area contributed by atoms with Crippen molar-refractivity contribution in [2.45, 2.75) is 5.41 Å². The summed E-state index contributed by atoms with van der Waals surface area (Å²) >= 11 is 6.60. The normalized spacial score (nSPS) is 18.3. The standard InChI is InChI=1S/C25H15ClO/c26-21-14-7-13-20-24(21)27-22-15-6-11-18-17-10-4-5-12-19(17)25(20,23(18)22)16-8-2-1-3-9-16/h1-15H. The maximum atomic E-state index is 6.60. The van der Waals surface area contributed by atoms with E-state index < -0.39 is 5.41 Å². The molecule has 1 heterocycles. The molecule has 1 aliphatic carbocycles. The Morgan fingerprint density at radius 3 is 2.22 bits per heavy atom. The average molecular weight is 367 g/mol. The molecule has 2 heteroatoms. The topological polar surface area (TPSA) is 9.23 Å². The maximum absolute atomic E-state index is 6.60. The van der Waals surface area contributed by atoms with Crippen LogP contribution in [0.4, 0.5) is 0 Å². The molecule has 0 saturated carbocycles. The molecule has 2 aliphatic rings. The minimum atomic E-state index is -0.414. The zero-order valence-corrected chi connectivity index (χ0v) is 15.2. The maximum Gasteiger partial charge on any atom is 0.150 e. The van der Waals surface area contributed by atoms with Crippen molar-refractivity contribution < 1.29 is 4.74 Å². The molecule has 0 saturated heterocycles. The zero-order valence-electron chi connectivity index (χ0n) is 14.4. The van der Waals surface area contributed by atoms with Gasteiger partial charge in [-0.15, -0.1) is 0 Å². The Morgan fingerprint density at radius 2 is 1.33 bits per heavy atom. The Labute approximate surface area is 162 Å². The van der Waals surface area contributed by atoms with Gasteiger partial charge in [0.25, 0.3) is 0 Å². The number of halogens is 1. The summed E-state index contributed by atoms with van der Waals surface area (Å²) in [6.45, 7) is 0. The van der Waals surface area contributed by atoms with Gasteiger partial charge in [-0.25, -0.2) is 0 Å². The molecular formula is C25H15ClO. The molecule has 0 amide bonds. The van der Waals surface area contributed by atoms with E-state index in [0.29, 0.717) is 5.02 Å². The van der Waals surface area contributed by atoms with Crippen molar-refractivity contribution in [1.29, 1.82) is 0 Å². The second-order valence-electron chi connectivity index (χ2n) is 7.06. The van der Waals surface area contributed by atoms with Gasteiger partial charge in [0.15, 0.2) is 5.75 Å². The number of benzene rings is 4. The Morgan fingerprint density at radius 1 is 0.630 bits per heavy atom. The van der Waals surface area contributed by atoms with Crippen molar-refractivity contribution in [2.75, 3.05) is 0 Å². The molecule has 6 rings (SSSR count). The predicted octanol–water partition coefficient (Wildman–Crippen LogP) is 6.81. The number of fused-ring (bicyclic) bond motifs is 5. The van der Waals surface area contributed by atoms with Crippen LogP contribution in [-0.2, 0) is 5.41 Å². The Balaban J connectivity index is 1.88. The molecule has 0 aromatic heterocycles. The number of ether oxygens (including phenoxy) is 1. The van der Waals surface area contributed by atoms with E-state index in [1.807, 2.05) is 12.1 Å². The first-order valence-corrected chi connectivity index (χ1v) is 9.45. The summed E-state index contributed by atoms with van der Waals surface area (Å²) in [4.78, 5) is 0. The number of hydrogen-bond donors (Lipinski definition) is 0. The molecular weight excluding hydrogens is 352 g/mol. The van der Waals surface area contributed by atoms with Crippen molar-refractivity contribution in [3.63, 3.8) is 0 Å². The molecule has 4 aromatic carbocycles. The van der Waals surface area contributed by atoms with Gasteiger partial charge in [-0.2, -0.15) is 0 Å². The summed E-state index contributed by atoms with van der Waals surface area (Å²) in [6.07, 6.45) is 0. The molecule has 1 atom stereocenters. The smallest absolute Gasteiger partial charge is 0.150 e. The van der Waals surface area contributed by atoms with Crippen LogP contribution < -0.4 is 4.74 Å². The Hall–Kier alpha value is -3.03. The molecule has 1 unspecified atom stereocenters. The van der Waals surface area contributed by atoms with Crippen LogP contribution in [-0.4, -0.2) is 0 Å². The van der Waals surface area contributed by atoms with Gasteiger partial charge in [-0.05, 0) is 34.4 Å². The van der Waals surface area contributed by atoms with Crippen LogP contribution in [0.5, 0.6) is 11.5 Å². The average Bonchev–Trinajstić information content (AvgIpc) is 3.03. The summed E-state index contributed by atoms with van der Waals surface area (Å²) < 4.78 is 6.35. The van der Waals surface area contributed by atoms with Crippen LogP contribution >= 0.6 is 11.6 Å². The molecule has 0 spiro atoms. The lowest BCUT2D eigenvalue weighted by molar-refractivity contribution is 0.438. The van der Waals surface area contributed by atoms with E-state index in [1.54, 1.807) is 0 Å². The molecule has 0 radical (unpaired) electrons. The van der Waals surface area contributed by atoms with E-state index >= 15 is 0 Å². The van der Waals surface area contributed by atoms with Gasteiger partial charge in [0.2, 0.25) is 0 Å². The predicted molar refractivity (Wildman–Crippen MR) is 109 cm³/mol. The highest BCUT2D eigenvalue weighted by atomic mass is 35.5. The van der Waals surface area contributed by atoms with Crippen LogP contribution in [0.1, 0.15) is 22.3 Å². The number of hydrogen-bond acceptors (Lipinski definition) is 1. The zero-order chi connectivity index (χ0) is 18.0. The molecule has 128 valence electrons. The third-order valence-corrected chi connectivity index (χ3v) is 6.11. The van der Waals surface area contributed by atoms with Crippen LogP contribution in [0.3, 0.4) is 0 Å². The minimum Gasteiger partial charge on any atom is -0.455 e. The fourth-order valence-electron chi connectivity index (χ4n) is 4.85. The second-order valence-corrected chi connectivity index (χ2v) is 7.47. The van der Waals surface area contributed by atoms with Gasteiger partial charge in [0.1, 0.15) is 5.75 Å². The molecule has 4 aromatic rings. The van der Waals surface area contributed by atoms with Gasteiger partial charge in [-0.1, -0.05) is 90.5 Å². The summed E-state index contributed by atoms with van der Waals surface area (Å²) in [7, 11) is 0. The number of para-hydroxylation sites is 1. The molecule has 0 fully saturated rings. The van der Waals surface area contributed by atoms with E-state index in [2.05, 4.69) is 78.9 Å². The van der Waals surface area contributed by atoms with Crippen molar-refractivity contribution >= 4 is 11.6 Å². The molecule has 0 bridgehead atoms. The lowest BCUT2D eigenvalue weighted by Gasteiger charge is -2.39. The van der Waals surface area contributed by atoms with Crippen LogP contribution in [0.25, 0.3) is 11.1 Å². The van der Waals surface area contributed by atoms with Crippen LogP contribution in [0.2, 0.25) is 5.02 Å². The summed E-state index contributed by atoms with van der Waals surface area (Å²) in [5.41, 5.74) is 6.91. The molecule has 1 nitrogen and oxygen atoms in total. The van der Waals surface area contributed by atoms with Gasteiger partial charge < -0.3 is 4.74 Å². The number of rotatable bonds is 1.